The Morgan fingerprint density at radius 2 is 2.46 bits per heavy atom. The molecule has 0 aliphatic carbocycles. The number of nitrogens with zero attached hydrogens (tertiary/aromatic N) is 1. The highest BCUT2D eigenvalue weighted by Gasteiger charge is 2.07. The molecular weight excluding hydrogens is 177 g/mol. The second kappa shape index (κ2) is 3.84. The maximum Gasteiger partial charge on any atom is 0.309 e. The Balaban J connectivity index is 2.89. The Labute approximate surface area is 74.0 Å². The maximum atomic E-state index is 12.9. The minimum absolute atomic E-state index is 0.00846. The van der Waals surface area contributed by atoms with Crippen molar-refractivity contribution < 1.29 is 19.0 Å². The predicted molar refractivity (Wildman–Crippen MR) is 42.1 cm³/mol. The van der Waals surface area contributed by atoms with Crippen molar-refractivity contribution in [1.82, 2.24) is 4.98 Å². The van der Waals surface area contributed by atoms with Crippen molar-refractivity contribution in [3.63, 3.8) is 0 Å². The van der Waals surface area contributed by atoms with E-state index in [0.717, 1.165) is 12.3 Å². The first-order chi connectivity index (χ1) is 6.13. The number of pyridine rings is 1. The van der Waals surface area contributed by atoms with Crippen LogP contribution in [0.15, 0.2) is 12.3 Å². The molecule has 0 saturated carbocycles. The molecule has 4 nitrogen and oxygen atoms in total. The second-order valence-corrected chi connectivity index (χ2v) is 2.38. The maximum absolute atomic E-state index is 12.9. The summed E-state index contributed by atoms with van der Waals surface area (Å²) < 4.78 is 17.6. The van der Waals surface area contributed by atoms with Crippen molar-refractivity contribution in [2.45, 2.75) is 6.42 Å². The summed E-state index contributed by atoms with van der Waals surface area (Å²) in [5.41, 5.74) is 0.172. The molecule has 1 rings (SSSR count). The van der Waals surface area contributed by atoms with E-state index in [0.29, 0.717) is 0 Å². The Kier molecular flexibility index (Phi) is 2.79. The van der Waals surface area contributed by atoms with Crippen LogP contribution in [-0.2, 0) is 11.2 Å². The number of methoxy groups -OCH3 is 1. The summed E-state index contributed by atoms with van der Waals surface area (Å²) >= 11 is 0. The molecule has 0 fully saturated rings. The number of hydrogen-bond acceptors (Lipinski definition) is 3. The predicted octanol–water partition coefficient (Wildman–Crippen LogP) is 0.856. The molecule has 0 unspecified atom stereocenters. The lowest BCUT2D eigenvalue weighted by atomic mass is 10.2. The molecule has 0 radical (unpaired) electrons. The van der Waals surface area contributed by atoms with E-state index in [1.165, 1.54) is 7.11 Å². The van der Waals surface area contributed by atoms with Crippen molar-refractivity contribution >= 4 is 5.97 Å². The highest BCUT2D eigenvalue weighted by molar-refractivity contribution is 5.69. The molecule has 0 amide bonds. The Bertz CT molecular complexity index is 327. The molecule has 1 N–H and O–H groups in total. The van der Waals surface area contributed by atoms with Crippen LogP contribution >= 0.6 is 0 Å². The van der Waals surface area contributed by atoms with Crippen LogP contribution in [0.25, 0.3) is 0 Å². The van der Waals surface area contributed by atoms with Crippen LogP contribution in [0.5, 0.6) is 5.75 Å². The van der Waals surface area contributed by atoms with E-state index >= 15 is 0 Å². The first-order valence-corrected chi connectivity index (χ1v) is 3.53. The zero-order chi connectivity index (χ0) is 9.84. The van der Waals surface area contributed by atoms with Gasteiger partial charge in [-0.2, -0.15) is 0 Å². The molecule has 0 spiro atoms. The molecule has 0 saturated heterocycles. The third kappa shape index (κ3) is 2.40. The van der Waals surface area contributed by atoms with Gasteiger partial charge in [0.15, 0.2) is 11.6 Å². The summed E-state index contributed by atoms with van der Waals surface area (Å²) in [7, 11) is 1.32. The summed E-state index contributed by atoms with van der Waals surface area (Å²) in [4.78, 5) is 13.9. The van der Waals surface area contributed by atoms with Crippen LogP contribution in [-0.4, -0.2) is 23.2 Å². The van der Waals surface area contributed by atoms with E-state index in [9.17, 15) is 9.18 Å². The fourth-order valence-electron chi connectivity index (χ4n) is 0.860. The monoisotopic (exact) mass is 185 g/mol. The lowest BCUT2D eigenvalue weighted by molar-refractivity contribution is -0.136. The number of carboxylic acids is 1. The van der Waals surface area contributed by atoms with Crippen molar-refractivity contribution in [2.24, 2.45) is 0 Å². The first-order valence-electron chi connectivity index (χ1n) is 3.53. The van der Waals surface area contributed by atoms with Gasteiger partial charge in [0.05, 0.1) is 25.4 Å². The summed E-state index contributed by atoms with van der Waals surface area (Å²) in [5, 5.41) is 8.39. The van der Waals surface area contributed by atoms with E-state index in [1.54, 1.807) is 0 Å². The Morgan fingerprint density at radius 3 is 2.92 bits per heavy atom. The number of hydrogen-bond donors (Lipinski definition) is 1. The first kappa shape index (κ1) is 9.44. The number of aliphatic carboxylic acids is 1. The minimum atomic E-state index is -1.04. The van der Waals surface area contributed by atoms with E-state index in [1.807, 2.05) is 0 Å². The third-order valence-electron chi connectivity index (χ3n) is 1.43. The minimum Gasteiger partial charge on any atom is -0.492 e. The lowest BCUT2D eigenvalue weighted by Crippen LogP contribution is -2.03. The largest absolute Gasteiger partial charge is 0.492 e. The van der Waals surface area contributed by atoms with Crippen molar-refractivity contribution in [2.75, 3.05) is 7.11 Å². The second-order valence-electron chi connectivity index (χ2n) is 2.38. The van der Waals surface area contributed by atoms with Crippen LogP contribution in [0.4, 0.5) is 4.39 Å². The van der Waals surface area contributed by atoms with Crippen LogP contribution < -0.4 is 4.74 Å². The van der Waals surface area contributed by atoms with Crippen molar-refractivity contribution in [3.8, 4) is 5.75 Å². The molecule has 0 aliphatic rings. The van der Waals surface area contributed by atoms with Gasteiger partial charge in [0, 0.05) is 0 Å². The molecule has 1 heterocycles. The van der Waals surface area contributed by atoms with Gasteiger partial charge in [0.25, 0.3) is 0 Å². The summed E-state index contributed by atoms with van der Waals surface area (Å²) in [6.07, 6.45) is 0.870. The zero-order valence-electron chi connectivity index (χ0n) is 6.95. The van der Waals surface area contributed by atoms with Gasteiger partial charge in [-0.15, -0.1) is 0 Å². The van der Waals surface area contributed by atoms with Gasteiger partial charge in [-0.25, -0.2) is 4.39 Å². The van der Waals surface area contributed by atoms with Crippen molar-refractivity contribution in [3.05, 3.63) is 23.8 Å². The zero-order valence-corrected chi connectivity index (χ0v) is 6.95. The fourth-order valence-corrected chi connectivity index (χ4v) is 0.860. The van der Waals surface area contributed by atoms with Gasteiger partial charge in [0.2, 0.25) is 0 Å². The molecule has 1 aromatic rings. The number of halogens is 1. The molecule has 0 aromatic carbocycles. The third-order valence-corrected chi connectivity index (χ3v) is 1.43. The van der Waals surface area contributed by atoms with Gasteiger partial charge >= 0.3 is 5.97 Å². The number of rotatable bonds is 3. The topological polar surface area (TPSA) is 59.4 Å². The average molecular weight is 185 g/mol. The van der Waals surface area contributed by atoms with E-state index in [2.05, 4.69) is 9.72 Å². The Morgan fingerprint density at radius 1 is 1.77 bits per heavy atom. The lowest BCUT2D eigenvalue weighted by Gasteiger charge is -2.01. The summed E-state index contributed by atoms with van der Waals surface area (Å²) in [6, 6.07) is 1.05. The highest BCUT2D eigenvalue weighted by atomic mass is 19.1. The number of ether oxygens (including phenoxy) is 1. The van der Waals surface area contributed by atoms with Gasteiger partial charge in [0.1, 0.15) is 0 Å². The number of aromatic nitrogens is 1. The fraction of sp³-hybridized carbons (Fsp3) is 0.250. The number of carbonyl (C=O) groups is 1. The molecule has 1 aromatic heterocycles. The van der Waals surface area contributed by atoms with E-state index < -0.39 is 11.8 Å². The van der Waals surface area contributed by atoms with Crippen LogP contribution in [0.1, 0.15) is 5.69 Å². The normalized spacial score (nSPS) is 9.69. The van der Waals surface area contributed by atoms with E-state index in [4.69, 9.17) is 5.11 Å². The smallest absolute Gasteiger partial charge is 0.309 e. The Hall–Kier alpha value is -1.65. The van der Waals surface area contributed by atoms with Gasteiger partial charge in [-0.05, 0) is 6.07 Å². The summed E-state index contributed by atoms with van der Waals surface area (Å²) in [5.74, 6) is -1.64. The molecule has 0 aliphatic heterocycles. The molecule has 13 heavy (non-hydrogen) atoms. The van der Waals surface area contributed by atoms with Crippen LogP contribution in [0, 0.1) is 5.82 Å². The van der Waals surface area contributed by atoms with Gasteiger partial charge in [-0.1, -0.05) is 0 Å². The SMILES string of the molecule is COc1cnc(CC(=O)O)cc1F. The number of carboxylic acid groups (broad SMARTS) is 1. The van der Waals surface area contributed by atoms with Gasteiger partial charge < -0.3 is 9.84 Å². The quantitative estimate of drug-likeness (QED) is 0.758. The molecule has 0 atom stereocenters. The van der Waals surface area contributed by atoms with E-state index in [-0.39, 0.29) is 17.9 Å². The molecule has 0 bridgehead atoms. The highest BCUT2D eigenvalue weighted by Crippen LogP contribution is 2.15. The summed E-state index contributed by atoms with van der Waals surface area (Å²) in [6.45, 7) is 0. The average Bonchev–Trinajstić information content (AvgIpc) is 2.03. The molecule has 70 valence electrons. The van der Waals surface area contributed by atoms with Gasteiger partial charge in [-0.3, -0.25) is 9.78 Å². The van der Waals surface area contributed by atoms with Crippen LogP contribution in [0.2, 0.25) is 0 Å². The molecule has 5 heteroatoms. The van der Waals surface area contributed by atoms with Crippen LogP contribution in [0.3, 0.4) is 0 Å². The van der Waals surface area contributed by atoms with Crippen molar-refractivity contribution in [1.29, 1.82) is 0 Å². The molecular formula is C8H8FNO3. The standard InChI is InChI=1S/C8H8FNO3/c1-13-7-4-10-5(2-6(7)9)3-8(11)12/h2,4H,3H2,1H3,(H,11,12).